The van der Waals surface area contributed by atoms with Crippen LogP contribution in [0.2, 0.25) is 11.6 Å². The minimum absolute atomic E-state index is 0.665. The highest BCUT2D eigenvalue weighted by Gasteiger charge is 2.62. The number of rotatable bonds is 2. The Morgan fingerprint density at radius 2 is 0.952 bits per heavy atom. The molecular weight excluding hydrogens is 251 g/mol. The smallest absolute Gasteiger partial charge is 0.0657 e. The molecule has 0 bridgehead atoms. The Hall–Kier alpha value is 0.0649. The molecule has 21 heavy (non-hydrogen) atoms. The molecule has 8 unspecified atom stereocenters. The van der Waals surface area contributed by atoms with Gasteiger partial charge in [-0.2, -0.15) is 0 Å². The normalized spacial score (nSPS) is 56.1. The largest absolute Gasteiger partial charge is 0.118 e. The average molecular weight is 285 g/mol. The molecule has 0 heterocycles. The van der Waals surface area contributed by atoms with E-state index in [1.54, 1.807) is 0 Å². The van der Waals surface area contributed by atoms with Crippen molar-refractivity contribution < 1.29 is 0 Å². The minimum Gasteiger partial charge on any atom is -0.0657 e. The van der Waals surface area contributed by atoms with Crippen molar-refractivity contribution >= 4 is 7.28 Å². The summed E-state index contributed by atoms with van der Waals surface area (Å²) in [7, 11) is 2.85. The summed E-state index contributed by atoms with van der Waals surface area (Å²) in [5.41, 5.74) is 1.33. The van der Waals surface area contributed by atoms with E-state index in [1.807, 2.05) is 0 Å². The molecule has 1 radical (unpaired) electrons. The van der Waals surface area contributed by atoms with Crippen molar-refractivity contribution in [2.75, 3.05) is 0 Å². The topological polar surface area (TPSA) is 0 Å². The molecule has 0 aromatic carbocycles. The first-order valence-electron chi connectivity index (χ1n) is 9.58. The van der Waals surface area contributed by atoms with E-state index in [2.05, 4.69) is 48.8 Å². The van der Waals surface area contributed by atoms with Crippen molar-refractivity contribution in [1.29, 1.82) is 0 Å². The van der Waals surface area contributed by atoms with Crippen LogP contribution in [0, 0.1) is 46.3 Å². The monoisotopic (exact) mass is 285 g/mol. The summed E-state index contributed by atoms with van der Waals surface area (Å²) >= 11 is 0. The number of hydrogen-bond donors (Lipinski definition) is 0. The Morgan fingerprint density at radius 3 is 1.33 bits per heavy atom. The van der Waals surface area contributed by atoms with Crippen LogP contribution in [0.1, 0.15) is 67.2 Å². The van der Waals surface area contributed by atoms with Crippen molar-refractivity contribution in [3.63, 3.8) is 0 Å². The van der Waals surface area contributed by atoms with Crippen molar-refractivity contribution in [1.82, 2.24) is 0 Å². The lowest BCUT2D eigenvalue weighted by Crippen LogP contribution is -2.27. The van der Waals surface area contributed by atoms with Crippen LogP contribution >= 0.6 is 0 Å². The zero-order chi connectivity index (χ0) is 15.2. The van der Waals surface area contributed by atoms with Gasteiger partial charge in [-0.25, -0.2) is 0 Å². The Balaban J connectivity index is 1.40. The second-order valence-electron chi connectivity index (χ2n) is 10.5. The standard InChI is InChI=1S/C20H34B/c1-11-7-13-15(19(13,3)4)9-17(11)21-18-10-16-14(8-12(18)2)20(16,5)6/h11-18H,7-10H2,1-6H3. The van der Waals surface area contributed by atoms with Crippen molar-refractivity contribution in [2.24, 2.45) is 46.3 Å². The summed E-state index contributed by atoms with van der Waals surface area (Å²) in [5.74, 6) is 7.88. The van der Waals surface area contributed by atoms with Crippen LogP contribution in [0.4, 0.5) is 0 Å². The Bertz CT molecular complexity index is 397. The molecule has 4 saturated carbocycles. The number of hydrogen-bond acceptors (Lipinski definition) is 0. The highest BCUT2D eigenvalue weighted by Crippen LogP contribution is 2.70. The SMILES string of the molecule is CC1CC2C(CC1[B]C1CC3C(CC1C)C3(C)C)C2(C)C. The van der Waals surface area contributed by atoms with Crippen LogP contribution in [0.3, 0.4) is 0 Å². The van der Waals surface area contributed by atoms with Gasteiger partial charge in [0.15, 0.2) is 0 Å². The fourth-order valence-electron chi connectivity index (χ4n) is 6.64. The van der Waals surface area contributed by atoms with Gasteiger partial charge in [-0.05, 0) is 59.2 Å². The molecule has 4 aliphatic carbocycles. The van der Waals surface area contributed by atoms with Gasteiger partial charge in [-0.1, -0.05) is 66.0 Å². The van der Waals surface area contributed by atoms with Gasteiger partial charge >= 0.3 is 0 Å². The van der Waals surface area contributed by atoms with Gasteiger partial charge < -0.3 is 0 Å². The van der Waals surface area contributed by atoms with Crippen LogP contribution in [0.5, 0.6) is 0 Å². The van der Waals surface area contributed by atoms with Crippen molar-refractivity contribution in [3.8, 4) is 0 Å². The lowest BCUT2D eigenvalue weighted by molar-refractivity contribution is 0.337. The quantitative estimate of drug-likeness (QED) is 0.573. The predicted octanol–water partition coefficient (Wildman–Crippen LogP) is 5.67. The van der Waals surface area contributed by atoms with Crippen LogP contribution < -0.4 is 0 Å². The first kappa shape index (κ1) is 14.6. The van der Waals surface area contributed by atoms with Crippen molar-refractivity contribution in [2.45, 2.75) is 78.9 Å². The van der Waals surface area contributed by atoms with E-state index >= 15 is 0 Å². The van der Waals surface area contributed by atoms with Gasteiger partial charge in [0.05, 0.1) is 0 Å². The predicted molar refractivity (Wildman–Crippen MR) is 91.6 cm³/mol. The highest BCUT2D eigenvalue weighted by atomic mass is 14.7. The minimum atomic E-state index is 0.665. The molecule has 0 aliphatic heterocycles. The molecule has 0 aromatic rings. The maximum absolute atomic E-state index is 2.85. The third-order valence-electron chi connectivity index (χ3n) is 8.84. The molecular formula is C20H34B. The van der Waals surface area contributed by atoms with Crippen LogP contribution in [0.25, 0.3) is 0 Å². The average Bonchev–Trinajstić information content (AvgIpc) is 3.13. The van der Waals surface area contributed by atoms with E-state index in [0.29, 0.717) is 10.8 Å². The Morgan fingerprint density at radius 1 is 0.619 bits per heavy atom. The summed E-state index contributed by atoms with van der Waals surface area (Å²) < 4.78 is 0. The molecule has 4 aliphatic rings. The molecule has 4 rings (SSSR count). The summed E-state index contributed by atoms with van der Waals surface area (Å²) in [4.78, 5) is 0. The molecule has 117 valence electrons. The second kappa shape index (κ2) is 4.32. The van der Waals surface area contributed by atoms with Crippen LogP contribution in [0.15, 0.2) is 0 Å². The Kier molecular flexibility index (Phi) is 3.02. The van der Waals surface area contributed by atoms with Crippen LogP contribution in [-0.4, -0.2) is 7.28 Å². The van der Waals surface area contributed by atoms with Gasteiger partial charge in [0.25, 0.3) is 0 Å². The van der Waals surface area contributed by atoms with Gasteiger partial charge in [-0.15, -0.1) is 0 Å². The van der Waals surface area contributed by atoms with E-state index in [-0.39, 0.29) is 0 Å². The molecule has 0 N–H and O–H groups in total. The van der Waals surface area contributed by atoms with Crippen LogP contribution in [-0.2, 0) is 0 Å². The summed E-state index contributed by atoms with van der Waals surface area (Å²) in [6.07, 6.45) is 5.99. The third kappa shape index (κ3) is 2.08. The summed E-state index contributed by atoms with van der Waals surface area (Å²) in [5, 5.41) is 0. The Labute approximate surface area is 133 Å². The molecule has 0 saturated heterocycles. The van der Waals surface area contributed by atoms with E-state index < -0.39 is 0 Å². The van der Waals surface area contributed by atoms with E-state index in [4.69, 9.17) is 0 Å². The van der Waals surface area contributed by atoms with E-state index in [9.17, 15) is 0 Å². The van der Waals surface area contributed by atoms with Gasteiger partial charge in [0.1, 0.15) is 7.28 Å². The summed E-state index contributed by atoms with van der Waals surface area (Å²) in [6, 6.07) is 0. The van der Waals surface area contributed by atoms with E-state index in [1.165, 1.54) is 25.7 Å². The van der Waals surface area contributed by atoms with Gasteiger partial charge in [0.2, 0.25) is 0 Å². The fourth-order valence-corrected chi connectivity index (χ4v) is 6.64. The molecule has 4 fully saturated rings. The van der Waals surface area contributed by atoms with Gasteiger partial charge in [0, 0.05) is 0 Å². The first-order valence-corrected chi connectivity index (χ1v) is 9.58. The molecule has 0 amide bonds. The fraction of sp³-hybridized carbons (Fsp3) is 1.00. The zero-order valence-corrected chi connectivity index (χ0v) is 15.0. The third-order valence-corrected chi connectivity index (χ3v) is 8.84. The zero-order valence-electron chi connectivity index (χ0n) is 15.0. The lowest BCUT2D eigenvalue weighted by atomic mass is 9.44. The van der Waals surface area contributed by atoms with E-state index in [0.717, 1.165) is 47.1 Å². The molecule has 1 heteroatoms. The first-order chi connectivity index (χ1) is 9.73. The summed E-state index contributed by atoms with van der Waals surface area (Å²) in [6.45, 7) is 15.1. The van der Waals surface area contributed by atoms with Gasteiger partial charge in [-0.3, -0.25) is 0 Å². The molecule has 0 nitrogen and oxygen atoms in total. The number of fused-ring (bicyclic) bond motifs is 2. The lowest BCUT2D eigenvalue weighted by Gasteiger charge is -2.35. The molecule has 8 atom stereocenters. The maximum Gasteiger partial charge on any atom is 0.118 e. The maximum atomic E-state index is 2.85. The molecule has 0 spiro atoms. The van der Waals surface area contributed by atoms with Crippen molar-refractivity contribution in [3.05, 3.63) is 0 Å². The highest BCUT2D eigenvalue weighted by molar-refractivity contribution is 6.40. The molecule has 0 aromatic heterocycles. The second-order valence-corrected chi connectivity index (χ2v) is 10.5.